The third kappa shape index (κ3) is 4.96. The van der Waals surface area contributed by atoms with Crippen LogP contribution < -0.4 is 0 Å². The van der Waals surface area contributed by atoms with E-state index in [2.05, 4.69) is 182 Å². The topological polar surface area (TPSA) is 0 Å². The van der Waals surface area contributed by atoms with Gasteiger partial charge in [-0.1, -0.05) is 152 Å². The van der Waals surface area contributed by atoms with Gasteiger partial charge in [-0.15, -0.1) is 22.7 Å². The average Bonchev–Trinajstić information content (AvgIpc) is 3.77. The molecular formula is C48H30S2. The molecule has 2 heterocycles. The summed E-state index contributed by atoms with van der Waals surface area (Å²) < 4.78 is 5.34. The molecular weight excluding hydrogens is 641 g/mol. The minimum Gasteiger partial charge on any atom is -0.135 e. The van der Waals surface area contributed by atoms with E-state index in [9.17, 15) is 0 Å². The first-order valence-corrected chi connectivity index (χ1v) is 18.6. The highest BCUT2D eigenvalue weighted by Crippen LogP contribution is 2.44. The quantitative estimate of drug-likeness (QED) is 0.171. The number of benzene rings is 8. The molecule has 0 aliphatic carbocycles. The van der Waals surface area contributed by atoms with E-state index in [1.54, 1.807) is 0 Å². The predicted molar refractivity (Wildman–Crippen MR) is 219 cm³/mol. The molecule has 0 bridgehead atoms. The summed E-state index contributed by atoms with van der Waals surface area (Å²) >= 11 is 3.79. The molecule has 0 radical (unpaired) electrons. The molecule has 2 aromatic heterocycles. The maximum Gasteiger partial charge on any atom is 0.0433 e. The molecule has 2 heteroatoms. The maximum atomic E-state index is 2.38. The first-order chi connectivity index (χ1) is 24.8. The van der Waals surface area contributed by atoms with Crippen LogP contribution in [0.4, 0.5) is 0 Å². The van der Waals surface area contributed by atoms with Gasteiger partial charge >= 0.3 is 0 Å². The zero-order valence-electron chi connectivity index (χ0n) is 27.1. The molecule has 10 rings (SSSR count). The molecule has 0 spiro atoms. The molecule has 0 saturated heterocycles. The van der Waals surface area contributed by atoms with Crippen LogP contribution in [-0.2, 0) is 0 Å². The lowest BCUT2D eigenvalue weighted by molar-refractivity contribution is 1.58. The predicted octanol–water partition coefficient (Wildman–Crippen LogP) is 14.8. The van der Waals surface area contributed by atoms with Crippen LogP contribution in [0, 0.1) is 0 Å². The van der Waals surface area contributed by atoms with Gasteiger partial charge in [0.25, 0.3) is 0 Å². The second-order valence-electron chi connectivity index (χ2n) is 12.9. The fourth-order valence-electron chi connectivity index (χ4n) is 7.40. The second-order valence-corrected chi connectivity index (χ2v) is 15.0. The Labute approximate surface area is 299 Å². The normalized spacial score (nSPS) is 11.6. The maximum absolute atomic E-state index is 2.38. The first-order valence-electron chi connectivity index (χ1n) is 17.0. The van der Waals surface area contributed by atoms with E-state index >= 15 is 0 Å². The van der Waals surface area contributed by atoms with Gasteiger partial charge in [0.05, 0.1) is 0 Å². The summed E-state index contributed by atoms with van der Waals surface area (Å²) in [5, 5.41) is 5.30. The molecule has 0 saturated carbocycles. The molecule has 0 aliphatic rings. The summed E-state index contributed by atoms with van der Waals surface area (Å²) in [7, 11) is 0. The highest BCUT2D eigenvalue weighted by Gasteiger charge is 2.14. The highest BCUT2D eigenvalue weighted by atomic mass is 32.1. The Hall–Kier alpha value is -5.80. The Morgan fingerprint density at radius 2 is 0.660 bits per heavy atom. The molecule has 0 nitrogen and oxygen atoms in total. The van der Waals surface area contributed by atoms with Crippen LogP contribution in [0.25, 0.3) is 96.0 Å². The van der Waals surface area contributed by atoms with E-state index < -0.39 is 0 Å². The van der Waals surface area contributed by atoms with Gasteiger partial charge in [-0.25, -0.2) is 0 Å². The minimum atomic E-state index is 1.23. The molecule has 0 atom stereocenters. The van der Waals surface area contributed by atoms with Gasteiger partial charge in [0.15, 0.2) is 0 Å². The van der Waals surface area contributed by atoms with Crippen molar-refractivity contribution in [2.24, 2.45) is 0 Å². The van der Waals surface area contributed by atoms with Crippen molar-refractivity contribution in [2.75, 3.05) is 0 Å². The smallest absolute Gasteiger partial charge is 0.0433 e. The van der Waals surface area contributed by atoms with Crippen molar-refractivity contribution < 1.29 is 0 Å². The van der Waals surface area contributed by atoms with E-state index in [4.69, 9.17) is 0 Å². The lowest BCUT2D eigenvalue weighted by Crippen LogP contribution is -1.83. The third-order valence-electron chi connectivity index (χ3n) is 9.91. The Balaban J connectivity index is 1.02. The van der Waals surface area contributed by atoms with E-state index in [1.165, 1.54) is 96.0 Å². The van der Waals surface area contributed by atoms with Crippen LogP contribution >= 0.6 is 22.7 Å². The van der Waals surface area contributed by atoms with Crippen molar-refractivity contribution in [2.45, 2.75) is 0 Å². The molecule has 0 amide bonds. The number of rotatable bonds is 5. The molecule has 234 valence electrons. The number of hydrogen-bond donors (Lipinski definition) is 0. The molecule has 0 unspecified atom stereocenters. The number of thiophene rings is 2. The van der Waals surface area contributed by atoms with Crippen molar-refractivity contribution in [3.05, 3.63) is 182 Å². The molecule has 0 aliphatic heterocycles. The Morgan fingerprint density at radius 3 is 1.36 bits per heavy atom. The molecule has 0 N–H and O–H groups in total. The SMILES string of the molecule is c1ccc(-c2ccc(-c3cccc(-c4ccc5sc6c(-c7cccc(-c8cccc9c8sc8ccccc89)c7)cccc6c5c4)c3)cc2)cc1. The fourth-order valence-corrected chi connectivity index (χ4v) is 9.86. The van der Waals surface area contributed by atoms with Crippen LogP contribution in [0.2, 0.25) is 0 Å². The third-order valence-corrected chi connectivity index (χ3v) is 12.3. The van der Waals surface area contributed by atoms with Crippen molar-refractivity contribution in [1.29, 1.82) is 0 Å². The summed E-state index contributed by atoms with van der Waals surface area (Å²) in [6.07, 6.45) is 0. The van der Waals surface area contributed by atoms with Gasteiger partial charge in [0.2, 0.25) is 0 Å². The zero-order chi connectivity index (χ0) is 33.0. The highest BCUT2D eigenvalue weighted by molar-refractivity contribution is 7.26. The van der Waals surface area contributed by atoms with Gasteiger partial charge in [-0.2, -0.15) is 0 Å². The van der Waals surface area contributed by atoms with Crippen LogP contribution in [0.15, 0.2) is 182 Å². The van der Waals surface area contributed by atoms with Crippen molar-refractivity contribution in [3.63, 3.8) is 0 Å². The first kappa shape index (κ1) is 29.1. The minimum absolute atomic E-state index is 1.23. The summed E-state index contributed by atoms with van der Waals surface area (Å²) in [5.41, 5.74) is 12.5. The zero-order valence-corrected chi connectivity index (χ0v) is 28.8. The monoisotopic (exact) mass is 670 g/mol. The van der Waals surface area contributed by atoms with Crippen LogP contribution in [-0.4, -0.2) is 0 Å². The van der Waals surface area contributed by atoms with Gasteiger partial charge < -0.3 is 0 Å². The summed E-state index contributed by atoms with van der Waals surface area (Å²) in [5.74, 6) is 0. The molecule has 10 aromatic rings. The van der Waals surface area contributed by atoms with E-state index in [-0.39, 0.29) is 0 Å². The van der Waals surface area contributed by atoms with Crippen LogP contribution in [0.1, 0.15) is 0 Å². The lowest BCUT2D eigenvalue weighted by Gasteiger charge is -2.09. The van der Waals surface area contributed by atoms with E-state index in [1.807, 2.05) is 22.7 Å². The van der Waals surface area contributed by atoms with Crippen molar-refractivity contribution in [3.8, 4) is 55.6 Å². The van der Waals surface area contributed by atoms with Crippen LogP contribution in [0.3, 0.4) is 0 Å². The summed E-state index contributed by atoms with van der Waals surface area (Å²) in [4.78, 5) is 0. The van der Waals surface area contributed by atoms with Crippen LogP contribution in [0.5, 0.6) is 0 Å². The molecule has 8 aromatic carbocycles. The van der Waals surface area contributed by atoms with Gasteiger partial charge in [0, 0.05) is 40.3 Å². The van der Waals surface area contributed by atoms with E-state index in [0.29, 0.717) is 0 Å². The number of fused-ring (bicyclic) bond motifs is 6. The lowest BCUT2D eigenvalue weighted by atomic mass is 9.95. The molecule has 0 fully saturated rings. The molecule has 50 heavy (non-hydrogen) atoms. The van der Waals surface area contributed by atoms with Gasteiger partial charge in [-0.3, -0.25) is 0 Å². The Bertz CT molecular complexity index is 2850. The average molecular weight is 671 g/mol. The Kier molecular flexibility index (Phi) is 6.97. The summed E-state index contributed by atoms with van der Waals surface area (Å²) in [6, 6.07) is 66.7. The van der Waals surface area contributed by atoms with Crippen molar-refractivity contribution in [1.82, 2.24) is 0 Å². The second kappa shape index (κ2) is 12.0. The standard InChI is InChI=1S/C48H30S2/c1-2-10-31(11-3-1)32-22-24-33(25-23-32)34-12-6-13-35(28-34)36-26-27-46-44(30-36)43-20-9-18-40(48(43)50-46)38-15-7-14-37(29-38)39-17-8-19-42-41-16-4-5-21-45(41)49-47(39)42/h1-30H. The fraction of sp³-hybridized carbons (Fsp3) is 0. The van der Waals surface area contributed by atoms with Gasteiger partial charge in [-0.05, 0) is 86.0 Å². The Morgan fingerprint density at radius 1 is 0.240 bits per heavy atom. The summed E-state index contributed by atoms with van der Waals surface area (Å²) in [6.45, 7) is 0. The largest absolute Gasteiger partial charge is 0.135 e. The van der Waals surface area contributed by atoms with Crippen molar-refractivity contribution >= 4 is 63.0 Å². The number of hydrogen-bond acceptors (Lipinski definition) is 2. The van der Waals surface area contributed by atoms with E-state index in [0.717, 1.165) is 0 Å². The van der Waals surface area contributed by atoms with Gasteiger partial charge in [0.1, 0.15) is 0 Å².